The third kappa shape index (κ3) is 4.37. The third-order valence-electron chi connectivity index (χ3n) is 3.97. The monoisotopic (exact) mass is 365 g/mol. The summed E-state index contributed by atoms with van der Waals surface area (Å²) < 4.78 is 23.9. The van der Waals surface area contributed by atoms with Gasteiger partial charge in [-0.2, -0.15) is 0 Å². The van der Waals surface area contributed by atoms with E-state index >= 15 is 0 Å². The number of nitrogens with one attached hydrogen (secondary N) is 1. The molecule has 3 rings (SSSR count). The molecule has 1 amide bonds. The third-order valence-corrected chi connectivity index (χ3v) is 5.13. The van der Waals surface area contributed by atoms with Crippen LogP contribution in [0.5, 0.6) is 0 Å². The normalized spacial score (nSPS) is 11.1. The average molecular weight is 365 g/mol. The van der Waals surface area contributed by atoms with Crippen LogP contribution in [0.4, 0.5) is 5.69 Å². The molecule has 0 fully saturated rings. The maximum absolute atomic E-state index is 12.1. The lowest BCUT2D eigenvalue weighted by Crippen LogP contribution is -2.14. The van der Waals surface area contributed by atoms with Gasteiger partial charge in [0.15, 0.2) is 9.84 Å². The van der Waals surface area contributed by atoms with E-state index in [9.17, 15) is 13.2 Å². The van der Waals surface area contributed by atoms with Crippen LogP contribution in [-0.2, 0) is 21.1 Å². The van der Waals surface area contributed by atoms with Crippen LogP contribution in [0.25, 0.3) is 11.1 Å². The standard InChI is InChI=1S/C21H19NO3S/c1-26(24,25)20-10-6-5-9-19(20)17-11-13-18(14-12-17)22-21(23)15-16-7-3-2-4-8-16/h2-14H,15H2,1H3,(H,22,23). The molecule has 5 heteroatoms. The van der Waals surface area contributed by atoms with Crippen LogP contribution in [0.15, 0.2) is 83.8 Å². The van der Waals surface area contributed by atoms with E-state index in [4.69, 9.17) is 0 Å². The first-order valence-electron chi connectivity index (χ1n) is 8.17. The van der Waals surface area contributed by atoms with E-state index in [1.165, 1.54) is 6.26 Å². The van der Waals surface area contributed by atoms with Crippen LogP contribution in [0.3, 0.4) is 0 Å². The second-order valence-corrected chi connectivity index (χ2v) is 8.04. The smallest absolute Gasteiger partial charge is 0.228 e. The van der Waals surface area contributed by atoms with Crippen molar-refractivity contribution in [3.63, 3.8) is 0 Å². The Hall–Kier alpha value is -2.92. The minimum Gasteiger partial charge on any atom is -0.326 e. The van der Waals surface area contributed by atoms with Crippen molar-refractivity contribution in [1.29, 1.82) is 0 Å². The second kappa shape index (κ2) is 7.54. The van der Waals surface area contributed by atoms with Crippen LogP contribution in [-0.4, -0.2) is 20.6 Å². The van der Waals surface area contributed by atoms with E-state index < -0.39 is 9.84 Å². The second-order valence-electron chi connectivity index (χ2n) is 6.06. The first-order chi connectivity index (χ1) is 12.4. The Morgan fingerprint density at radius 1 is 0.846 bits per heavy atom. The fourth-order valence-corrected chi connectivity index (χ4v) is 3.66. The Balaban J connectivity index is 1.77. The number of amides is 1. The number of anilines is 1. The molecule has 0 atom stereocenters. The van der Waals surface area contributed by atoms with Gasteiger partial charge in [0.25, 0.3) is 0 Å². The van der Waals surface area contributed by atoms with Gasteiger partial charge in [0.1, 0.15) is 0 Å². The average Bonchev–Trinajstić information content (AvgIpc) is 2.62. The molecule has 0 aliphatic heterocycles. The minimum absolute atomic E-state index is 0.0968. The maximum atomic E-state index is 12.1. The van der Waals surface area contributed by atoms with Crippen molar-refractivity contribution in [2.75, 3.05) is 11.6 Å². The molecule has 132 valence electrons. The molecule has 3 aromatic rings. The number of benzene rings is 3. The summed E-state index contributed by atoms with van der Waals surface area (Å²) in [6.07, 6.45) is 1.50. The Kier molecular flexibility index (Phi) is 5.19. The fraction of sp³-hybridized carbons (Fsp3) is 0.0952. The zero-order valence-electron chi connectivity index (χ0n) is 14.3. The molecule has 3 aromatic carbocycles. The lowest BCUT2D eigenvalue weighted by molar-refractivity contribution is -0.115. The van der Waals surface area contributed by atoms with Gasteiger partial charge in [-0.25, -0.2) is 8.42 Å². The van der Waals surface area contributed by atoms with Crippen molar-refractivity contribution in [1.82, 2.24) is 0 Å². The van der Waals surface area contributed by atoms with E-state index in [0.29, 0.717) is 22.6 Å². The lowest BCUT2D eigenvalue weighted by Gasteiger charge is -2.10. The van der Waals surface area contributed by atoms with E-state index in [-0.39, 0.29) is 5.91 Å². The van der Waals surface area contributed by atoms with Gasteiger partial charge in [-0.15, -0.1) is 0 Å². The maximum Gasteiger partial charge on any atom is 0.228 e. The van der Waals surface area contributed by atoms with Gasteiger partial charge in [0.2, 0.25) is 5.91 Å². The highest BCUT2D eigenvalue weighted by Gasteiger charge is 2.14. The lowest BCUT2D eigenvalue weighted by atomic mass is 10.1. The highest BCUT2D eigenvalue weighted by atomic mass is 32.2. The predicted molar refractivity (Wildman–Crippen MR) is 104 cm³/mol. The van der Waals surface area contributed by atoms with Crippen molar-refractivity contribution in [2.45, 2.75) is 11.3 Å². The minimum atomic E-state index is -3.32. The van der Waals surface area contributed by atoms with E-state index in [1.54, 1.807) is 36.4 Å². The summed E-state index contributed by atoms with van der Waals surface area (Å²) in [7, 11) is -3.32. The van der Waals surface area contributed by atoms with Gasteiger partial charge in [-0.05, 0) is 29.3 Å². The summed E-state index contributed by atoms with van der Waals surface area (Å²) in [5.74, 6) is -0.0968. The molecule has 0 aliphatic carbocycles. The molecular formula is C21H19NO3S. The molecule has 0 heterocycles. The Morgan fingerprint density at radius 3 is 2.12 bits per heavy atom. The molecule has 0 radical (unpaired) electrons. The molecular weight excluding hydrogens is 346 g/mol. The van der Waals surface area contributed by atoms with Crippen molar-refractivity contribution in [3.05, 3.63) is 84.4 Å². The Morgan fingerprint density at radius 2 is 1.46 bits per heavy atom. The van der Waals surface area contributed by atoms with Crippen molar-refractivity contribution in [2.24, 2.45) is 0 Å². The van der Waals surface area contributed by atoms with Crippen LogP contribution in [0.2, 0.25) is 0 Å². The topological polar surface area (TPSA) is 63.2 Å². The van der Waals surface area contributed by atoms with E-state index in [0.717, 1.165) is 11.1 Å². The molecule has 0 saturated carbocycles. The molecule has 0 unspecified atom stereocenters. The quantitative estimate of drug-likeness (QED) is 0.745. The van der Waals surface area contributed by atoms with Crippen LogP contribution in [0.1, 0.15) is 5.56 Å². The van der Waals surface area contributed by atoms with Crippen LogP contribution in [0, 0.1) is 0 Å². The van der Waals surface area contributed by atoms with Gasteiger partial charge >= 0.3 is 0 Å². The molecule has 0 saturated heterocycles. The fourth-order valence-electron chi connectivity index (χ4n) is 2.75. The Bertz CT molecular complexity index is 1010. The Labute approximate surface area is 153 Å². The summed E-state index contributed by atoms with van der Waals surface area (Å²) in [5.41, 5.74) is 3.06. The number of carbonyl (C=O) groups excluding carboxylic acids is 1. The summed E-state index contributed by atoms with van der Waals surface area (Å²) in [5, 5.41) is 2.86. The van der Waals surface area contributed by atoms with Crippen LogP contribution >= 0.6 is 0 Å². The highest BCUT2D eigenvalue weighted by molar-refractivity contribution is 7.90. The van der Waals surface area contributed by atoms with Gasteiger partial charge in [0, 0.05) is 17.5 Å². The number of rotatable bonds is 5. The summed E-state index contributed by atoms with van der Waals surface area (Å²) in [6, 6.07) is 23.6. The van der Waals surface area contributed by atoms with Gasteiger partial charge in [0.05, 0.1) is 11.3 Å². The van der Waals surface area contributed by atoms with Crippen LogP contribution < -0.4 is 5.32 Å². The molecule has 4 nitrogen and oxygen atoms in total. The number of hydrogen-bond donors (Lipinski definition) is 1. The largest absolute Gasteiger partial charge is 0.326 e. The van der Waals surface area contributed by atoms with Crippen molar-refractivity contribution >= 4 is 21.4 Å². The summed E-state index contributed by atoms with van der Waals surface area (Å²) in [6.45, 7) is 0. The zero-order valence-corrected chi connectivity index (χ0v) is 15.2. The van der Waals surface area contributed by atoms with E-state index in [2.05, 4.69) is 5.32 Å². The number of sulfone groups is 1. The molecule has 0 aromatic heterocycles. The van der Waals surface area contributed by atoms with Crippen molar-refractivity contribution in [3.8, 4) is 11.1 Å². The summed E-state index contributed by atoms with van der Waals surface area (Å²) >= 11 is 0. The highest BCUT2D eigenvalue weighted by Crippen LogP contribution is 2.28. The van der Waals surface area contributed by atoms with Gasteiger partial charge in [-0.1, -0.05) is 60.7 Å². The number of hydrogen-bond acceptors (Lipinski definition) is 3. The van der Waals surface area contributed by atoms with Gasteiger partial charge < -0.3 is 5.32 Å². The number of carbonyl (C=O) groups is 1. The van der Waals surface area contributed by atoms with E-state index in [1.807, 2.05) is 42.5 Å². The SMILES string of the molecule is CS(=O)(=O)c1ccccc1-c1ccc(NC(=O)Cc2ccccc2)cc1. The first kappa shape index (κ1) is 17.9. The summed E-state index contributed by atoms with van der Waals surface area (Å²) in [4.78, 5) is 12.4. The molecule has 0 bridgehead atoms. The van der Waals surface area contributed by atoms with Gasteiger partial charge in [-0.3, -0.25) is 4.79 Å². The molecule has 26 heavy (non-hydrogen) atoms. The zero-order chi connectivity index (χ0) is 18.6. The first-order valence-corrected chi connectivity index (χ1v) is 10.1. The molecule has 0 spiro atoms. The predicted octanol–water partition coefficient (Wildman–Crippen LogP) is 3.94. The van der Waals surface area contributed by atoms with Crippen molar-refractivity contribution < 1.29 is 13.2 Å². The molecule has 1 N–H and O–H groups in total. The molecule has 0 aliphatic rings.